The van der Waals surface area contributed by atoms with Gasteiger partial charge in [-0.05, 0) is 77.6 Å². The van der Waals surface area contributed by atoms with E-state index in [1.165, 1.54) is 11.0 Å². The number of hydrogen-bond acceptors (Lipinski definition) is 6. The quantitative estimate of drug-likeness (QED) is 0.297. The van der Waals surface area contributed by atoms with Gasteiger partial charge in [0, 0.05) is 27.9 Å². The van der Waals surface area contributed by atoms with Crippen molar-refractivity contribution in [1.29, 1.82) is 0 Å². The van der Waals surface area contributed by atoms with Crippen LogP contribution < -0.4 is 5.56 Å². The SMILES string of the molecule is O=C(O)C1(c2cccc(-c3[nH]c([C@@H]4CCc5cc(-c6cc(Cl)ccc6-n6cnnn6)cc(=O)n54)nc3Cl)c2)CC1. The fraction of sp³-hybridized carbons (Fsp3) is 0.214. The van der Waals surface area contributed by atoms with Crippen molar-refractivity contribution in [3.8, 4) is 28.1 Å². The first-order valence-electron chi connectivity index (χ1n) is 12.7. The fourth-order valence-corrected chi connectivity index (χ4v) is 6.08. The third-order valence-electron chi connectivity index (χ3n) is 7.86. The molecular weight excluding hydrogens is 553 g/mol. The highest BCUT2D eigenvalue weighted by molar-refractivity contribution is 6.32. The summed E-state index contributed by atoms with van der Waals surface area (Å²) >= 11 is 12.9. The van der Waals surface area contributed by atoms with E-state index < -0.39 is 11.4 Å². The number of rotatable bonds is 6. The van der Waals surface area contributed by atoms with Crippen molar-refractivity contribution in [2.45, 2.75) is 37.1 Å². The maximum atomic E-state index is 13.5. The molecule has 4 heterocycles. The summed E-state index contributed by atoms with van der Waals surface area (Å²) in [5.74, 6) is -0.235. The molecule has 0 radical (unpaired) electrons. The predicted octanol–water partition coefficient (Wildman–Crippen LogP) is 4.84. The van der Waals surface area contributed by atoms with Gasteiger partial charge in [0.1, 0.15) is 12.2 Å². The lowest BCUT2D eigenvalue weighted by Crippen LogP contribution is -2.24. The van der Waals surface area contributed by atoms with Gasteiger partial charge in [-0.15, -0.1) is 5.10 Å². The summed E-state index contributed by atoms with van der Waals surface area (Å²) < 4.78 is 3.27. The highest BCUT2D eigenvalue weighted by Crippen LogP contribution is 2.49. The summed E-state index contributed by atoms with van der Waals surface area (Å²) in [6, 6.07) is 16.0. The highest BCUT2D eigenvalue weighted by atomic mass is 35.5. The number of aliphatic carboxylic acids is 1. The Morgan fingerprint density at radius 1 is 1.07 bits per heavy atom. The second-order valence-electron chi connectivity index (χ2n) is 10.2. The first-order chi connectivity index (χ1) is 19.3. The molecule has 2 N–H and O–H groups in total. The molecule has 1 saturated carbocycles. The zero-order chi connectivity index (χ0) is 27.6. The Morgan fingerprint density at radius 3 is 2.67 bits per heavy atom. The number of nitrogens with one attached hydrogen (secondary N) is 1. The number of aromatic amines is 1. The van der Waals surface area contributed by atoms with E-state index >= 15 is 0 Å². The topological polar surface area (TPSA) is 132 Å². The van der Waals surface area contributed by atoms with Gasteiger partial charge in [-0.1, -0.05) is 41.4 Å². The van der Waals surface area contributed by atoms with Crippen molar-refractivity contribution < 1.29 is 9.90 Å². The maximum Gasteiger partial charge on any atom is 0.314 e. The molecule has 3 aromatic heterocycles. The van der Waals surface area contributed by atoms with E-state index in [1.807, 2.05) is 36.4 Å². The molecule has 7 rings (SSSR count). The molecule has 0 bridgehead atoms. The summed E-state index contributed by atoms with van der Waals surface area (Å²) in [7, 11) is 0. The number of nitrogens with zero attached hydrogens (tertiary/aromatic N) is 6. The zero-order valence-electron chi connectivity index (χ0n) is 20.9. The highest BCUT2D eigenvalue weighted by Gasteiger charge is 2.51. The molecule has 200 valence electrons. The molecule has 12 heteroatoms. The van der Waals surface area contributed by atoms with Gasteiger partial charge in [-0.2, -0.15) is 4.68 Å². The van der Waals surface area contributed by atoms with Crippen LogP contribution in [0.1, 0.15) is 42.4 Å². The van der Waals surface area contributed by atoms with Crippen molar-refractivity contribution in [2.24, 2.45) is 0 Å². The van der Waals surface area contributed by atoms with E-state index in [-0.39, 0.29) is 16.8 Å². The molecule has 1 atom stereocenters. The summed E-state index contributed by atoms with van der Waals surface area (Å²) in [5, 5.41) is 21.9. The first-order valence-corrected chi connectivity index (χ1v) is 13.5. The molecule has 0 saturated heterocycles. The number of carboxylic acids is 1. The average molecular weight is 574 g/mol. The van der Waals surface area contributed by atoms with Gasteiger partial charge in [-0.25, -0.2) is 4.98 Å². The van der Waals surface area contributed by atoms with E-state index in [0.29, 0.717) is 53.5 Å². The normalized spacial score (nSPS) is 17.1. The molecule has 1 aliphatic heterocycles. The fourth-order valence-electron chi connectivity index (χ4n) is 5.66. The molecule has 2 aromatic carbocycles. The number of aromatic nitrogens is 7. The summed E-state index contributed by atoms with van der Waals surface area (Å²) in [5.41, 5.74) is 4.13. The molecule has 1 aliphatic carbocycles. The Bertz CT molecular complexity index is 1860. The van der Waals surface area contributed by atoms with Crippen molar-refractivity contribution >= 4 is 29.2 Å². The number of hydrogen-bond donors (Lipinski definition) is 2. The Hall–Kier alpha value is -4.28. The van der Waals surface area contributed by atoms with E-state index in [0.717, 1.165) is 22.4 Å². The van der Waals surface area contributed by atoms with Crippen molar-refractivity contribution in [3.63, 3.8) is 0 Å². The lowest BCUT2D eigenvalue weighted by Gasteiger charge is -2.15. The monoisotopic (exact) mass is 573 g/mol. The molecule has 40 heavy (non-hydrogen) atoms. The Labute approximate surface area is 237 Å². The first kappa shape index (κ1) is 24.7. The molecule has 10 nitrogen and oxygen atoms in total. The third kappa shape index (κ3) is 3.94. The van der Waals surface area contributed by atoms with E-state index in [1.54, 1.807) is 22.8 Å². The van der Waals surface area contributed by atoms with Crippen LogP contribution in [0, 0.1) is 0 Å². The average Bonchev–Trinajstić information content (AvgIpc) is 3.25. The van der Waals surface area contributed by atoms with Crippen LogP contribution in [0.5, 0.6) is 0 Å². The van der Waals surface area contributed by atoms with Crippen LogP contribution in [-0.2, 0) is 16.6 Å². The van der Waals surface area contributed by atoms with Crippen molar-refractivity contribution in [1.82, 2.24) is 34.7 Å². The lowest BCUT2D eigenvalue weighted by molar-refractivity contribution is -0.140. The Balaban J connectivity index is 1.25. The second-order valence-corrected chi connectivity index (χ2v) is 11.0. The number of aryl methyl sites for hydroxylation is 1. The zero-order valence-corrected chi connectivity index (χ0v) is 22.4. The number of carboxylic acid groups (broad SMARTS) is 1. The van der Waals surface area contributed by atoms with Gasteiger partial charge < -0.3 is 14.7 Å². The molecular formula is C28H21Cl2N7O3. The van der Waals surface area contributed by atoms with Crippen LogP contribution in [0.4, 0.5) is 0 Å². The van der Waals surface area contributed by atoms with Gasteiger partial charge in [0.2, 0.25) is 0 Å². The third-order valence-corrected chi connectivity index (χ3v) is 8.36. The second kappa shape index (κ2) is 9.14. The Kier molecular flexibility index (Phi) is 5.65. The predicted molar refractivity (Wildman–Crippen MR) is 148 cm³/mol. The number of benzene rings is 2. The Morgan fingerprint density at radius 2 is 1.93 bits per heavy atom. The van der Waals surface area contributed by atoms with E-state index in [2.05, 4.69) is 25.5 Å². The summed E-state index contributed by atoms with van der Waals surface area (Å²) in [6.45, 7) is 0. The molecule has 0 amide bonds. The standard InChI is InChI=1S/C28H21Cl2N7O3/c29-18-4-6-21(36-14-31-34-35-36)20(13-18)16-11-19-5-7-22(37(19)23(38)12-16)26-32-24(25(30)33-26)15-2-1-3-17(10-15)28(8-9-28)27(39)40/h1-4,6,10-14,22H,5,7-9H2,(H,32,33)(H,39,40)/t22-/m0/s1. The molecule has 0 spiro atoms. The van der Waals surface area contributed by atoms with E-state index in [4.69, 9.17) is 23.2 Å². The molecule has 5 aromatic rings. The van der Waals surface area contributed by atoms with E-state index in [9.17, 15) is 14.7 Å². The summed E-state index contributed by atoms with van der Waals surface area (Å²) in [6.07, 6.45) is 4.05. The van der Waals surface area contributed by atoms with Gasteiger partial charge in [0.25, 0.3) is 5.56 Å². The number of halogens is 2. The number of pyridine rings is 1. The van der Waals surface area contributed by atoms with Crippen LogP contribution >= 0.6 is 23.2 Å². The number of fused-ring (bicyclic) bond motifs is 1. The minimum Gasteiger partial charge on any atom is -0.481 e. The molecule has 0 unspecified atom stereocenters. The van der Waals surface area contributed by atoms with Crippen LogP contribution in [0.2, 0.25) is 10.2 Å². The van der Waals surface area contributed by atoms with Crippen LogP contribution in [0.3, 0.4) is 0 Å². The number of tetrazole rings is 1. The maximum absolute atomic E-state index is 13.5. The minimum atomic E-state index is -0.825. The minimum absolute atomic E-state index is 0.175. The van der Waals surface area contributed by atoms with Gasteiger partial charge in [0.15, 0.2) is 5.15 Å². The van der Waals surface area contributed by atoms with Crippen molar-refractivity contribution in [2.75, 3.05) is 0 Å². The molecule has 2 aliphatic rings. The molecule has 1 fully saturated rings. The largest absolute Gasteiger partial charge is 0.481 e. The van der Waals surface area contributed by atoms with Gasteiger partial charge in [-0.3, -0.25) is 9.59 Å². The van der Waals surface area contributed by atoms with Gasteiger partial charge >= 0.3 is 5.97 Å². The van der Waals surface area contributed by atoms with Crippen molar-refractivity contribution in [3.05, 3.63) is 98.5 Å². The van der Waals surface area contributed by atoms with Gasteiger partial charge in [0.05, 0.1) is 22.8 Å². The van der Waals surface area contributed by atoms with Crippen LogP contribution in [0.25, 0.3) is 28.1 Å². The lowest BCUT2D eigenvalue weighted by atomic mass is 9.94. The number of carbonyl (C=O) groups is 1. The number of H-pyrrole nitrogens is 1. The van der Waals surface area contributed by atoms with Crippen LogP contribution in [0.15, 0.2) is 65.7 Å². The summed E-state index contributed by atoms with van der Waals surface area (Å²) in [4.78, 5) is 33.3. The van der Waals surface area contributed by atoms with Crippen LogP contribution in [-0.4, -0.2) is 45.8 Å². The number of imidazole rings is 1. The smallest absolute Gasteiger partial charge is 0.314 e.